The zero-order chi connectivity index (χ0) is 18.6. The number of carbonyl (C=O) groups is 1. The van der Waals surface area contributed by atoms with Crippen molar-refractivity contribution in [3.63, 3.8) is 0 Å². The van der Waals surface area contributed by atoms with Crippen LogP contribution in [-0.2, 0) is 20.0 Å². The van der Waals surface area contributed by atoms with E-state index in [0.29, 0.717) is 37.6 Å². The molecule has 26 heavy (non-hydrogen) atoms. The van der Waals surface area contributed by atoms with E-state index >= 15 is 0 Å². The molecule has 2 aliphatic rings. The van der Waals surface area contributed by atoms with Crippen LogP contribution < -0.4 is 11.1 Å². The smallest absolute Gasteiger partial charge is 0.332 e. The number of aryl methyl sites for hydroxylation is 1. The van der Waals surface area contributed by atoms with Crippen molar-refractivity contribution in [2.24, 2.45) is 12.5 Å². The normalized spacial score (nSPS) is 21.8. The van der Waals surface area contributed by atoms with E-state index in [9.17, 15) is 14.4 Å². The van der Waals surface area contributed by atoms with Gasteiger partial charge >= 0.3 is 11.1 Å². The third-order valence-corrected chi connectivity index (χ3v) is 5.45. The van der Waals surface area contributed by atoms with Gasteiger partial charge in [-0.1, -0.05) is 0 Å². The molecule has 0 saturated carbocycles. The third kappa shape index (κ3) is 2.41. The van der Waals surface area contributed by atoms with Gasteiger partial charge in [-0.3, -0.25) is 23.6 Å². The fourth-order valence-electron chi connectivity index (χ4n) is 4.05. The largest absolute Gasteiger partial charge is 0.337 e. The van der Waals surface area contributed by atoms with E-state index in [2.05, 4.69) is 10.2 Å². The molecular formula is C17H22N6O3. The molecule has 0 aliphatic carbocycles. The number of likely N-dealkylation sites (tertiary alicyclic amines) is 1. The number of aromatic nitrogens is 5. The number of hydrogen-bond donors (Lipinski definition) is 0. The van der Waals surface area contributed by atoms with E-state index in [1.807, 2.05) is 18.7 Å². The Balaban J connectivity index is 1.61. The first kappa shape index (κ1) is 16.7. The zero-order valence-corrected chi connectivity index (χ0v) is 15.2. The Hall–Kier alpha value is -2.71. The molecule has 9 heteroatoms. The van der Waals surface area contributed by atoms with Crippen LogP contribution in [0.5, 0.6) is 0 Å². The molecule has 0 radical (unpaired) electrons. The summed E-state index contributed by atoms with van der Waals surface area (Å²) in [5.41, 5.74) is -0.776. The lowest BCUT2D eigenvalue weighted by Gasteiger charge is -2.22. The van der Waals surface area contributed by atoms with Gasteiger partial charge in [0.05, 0.1) is 6.04 Å². The average molecular weight is 358 g/mol. The summed E-state index contributed by atoms with van der Waals surface area (Å²) in [6.45, 7) is 5.29. The molecular weight excluding hydrogens is 336 g/mol. The molecule has 1 fully saturated rings. The van der Waals surface area contributed by atoms with Gasteiger partial charge in [-0.2, -0.15) is 10.2 Å². The Morgan fingerprint density at radius 3 is 2.65 bits per heavy atom. The summed E-state index contributed by atoms with van der Waals surface area (Å²) in [7, 11) is 1.74. The molecule has 2 aliphatic heterocycles. The minimum absolute atomic E-state index is 0.0557. The minimum Gasteiger partial charge on any atom is -0.337 e. The Morgan fingerprint density at radius 2 is 2.00 bits per heavy atom. The summed E-state index contributed by atoms with van der Waals surface area (Å²) in [4.78, 5) is 39.2. The Bertz CT molecular complexity index is 1000. The van der Waals surface area contributed by atoms with Crippen LogP contribution in [0.3, 0.4) is 0 Å². The highest BCUT2D eigenvalue weighted by molar-refractivity contribution is 5.92. The fourth-order valence-corrected chi connectivity index (χ4v) is 4.05. The molecule has 0 N–H and O–H groups in total. The first-order valence-corrected chi connectivity index (χ1v) is 8.81. The fraction of sp³-hybridized carbons (Fsp3) is 0.588. The van der Waals surface area contributed by atoms with Crippen LogP contribution in [0.4, 0.5) is 0 Å². The Labute approximate surface area is 149 Å². The van der Waals surface area contributed by atoms with Crippen molar-refractivity contribution in [3.05, 3.63) is 44.5 Å². The number of hydrogen-bond acceptors (Lipinski definition) is 5. The second-order valence-electron chi connectivity index (χ2n) is 7.64. The number of rotatable bonds is 2. The quantitative estimate of drug-likeness (QED) is 0.694. The molecule has 0 bridgehead atoms. The highest BCUT2D eigenvalue weighted by Crippen LogP contribution is 2.39. The van der Waals surface area contributed by atoms with Gasteiger partial charge in [-0.15, -0.1) is 0 Å². The third-order valence-electron chi connectivity index (χ3n) is 5.45. The molecule has 1 atom stereocenters. The number of carbonyl (C=O) groups excluding carboxylic acids is 1. The monoisotopic (exact) mass is 358 g/mol. The van der Waals surface area contributed by atoms with Crippen molar-refractivity contribution in [3.8, 4) is 0 Å². The van der Waals surface area contributed by atoms with Crippen LogP contribution in [0, 0.1) is 5.41 Å². The summed E-state index contributed by atoms with van der Waals surface area (Å²) >= 11 is 0. The van der Waals surface area contributed by atoms with Gasteiger partial charge in [0.25, 0.3) is 5.91 Å². The first-order chi connectivity index (χ1) is 12.3. The molecule has 1 spiro atoms. The number of nitrogens with zero attached hydrogens (tertiary/aromatic N) is 6. The first-order valence-electron chi connectivity index (χ1n) is 8.81. The van der Waals surface area contributed by atoms with Crippen LogP contribution in [0.25, 0.3) is 0 Å². The van der Waals surface area contributed by atoms with Crippen LogP contribution in [0.1, 0.15) is 42.6 Å². The minimum atomic E-state index is -0.582. The lowest BCUT2D eigenvalue weighted by Crippen LogP contribution is -2.44. The van der Waals surface area contributed by atoms with Crippen LogP contribution >= 0.6 is 0 Å². The van der Waals surface area contributed by atoms with Gasteiger partial charge < -0.3 is 4.90 Å². The van der Waals surface area contributed by atoms with Crippen molar-refractivity contribution in [1.82, 2.24) is 29.0 Å². The van der Waals surface area contributed by atoms with Crippen molar-refractivity contribution < 1.29 is 4.79 Å². The Morgan fingerprint density at radius 1 is 1.23 bits per heavy atom. The van der Waals surface area contributed by atoms with Crippen LogP contribution in [-0.4, -0.2) is 48.0 Å². The molecule has 1 saturated heterocycles. The van der Waals surface area contributed by atoms with Gasteiger partial charge in [0.2, 0.25) is 0 Å². The summed E-state index contributed by atoms with van der Waals surface area (Å²) in [5, 5.41) is 8.47. The van der Waals surface area contributed by atoms with Gasteiger partial charge in [-0.25, -0.2) is 4.68 Å². The molecule has 4 rings (SSSR count). The van der Waals surface area contributed by atoms with E-state index in [-0.39, 0.29) is 17.4 Å². The molecule has 9 nitrogen and oxygen atoms in total. The highest BCUT2D eigenvalue weighted by Gasteiger charge is 2.46. The highest BCUT2D eigenvalue weighted by atomic mass is 16.2. The van der Waals surface area contributed by atoms with E-state index < -0.39 is 11.1 Å². The molecule has 4 heterocycles. The Kier molecular flexibility index (Phi) is 3.64. The summed E-state index contributed by atoms with van der Waals surface area (Å²) in [6, 6.07) is 1.54. The maximum Gasteiger partial charge on any atom is 0.332 e. The van der Waals surface area contributed by atoms with E-state index in [0.717, 1.165) is 6.42 Å². The maximum atomic E-state index is 12.7. The standard InChI is InChI=1S/C17H22N6O3/c1-11(2)23-16(26)15(25)22-10-17(8-13(22)19-23)5-7-21(9-17)14(24)12-4-6-18-20(12)3/h4,6,11H,5,7-10H2,1-3H3. The van der Waals surface area contributed by atoms with Gasteiger partial charge in [0, 0.05) is 44.7 Å². The van der Waals surface area contributed by atoms with Crippen molar-refractivity contribution in [2.45, 2.75) is 39.3 Å². The van der Waals surface area contributed by atoms with Crippen LogP contribution in [0.2, 0.25) is 0 Å². The maximum absolute atomic E-state index is 12.7. The summed E-state index contributed by atoms with van der Waals surface area (Å²) in [5.74, 6) is 0.582. The molecule has 2 aromatic heterocycles. The molecule has 1 amide bonds. The van der Waals surface area contributed by atoms with E-state index in [1.54, 1.807) is 24.0 Å². The molecule has 138 valence electrons. The average Bonchev–Trinajstić information content (AvgIpc) is 3.29. The van der Waals surface area contributed by atoms with Gasteiger partial charge in [0.15, 0.2) is 0 Å². The summed E-state index contributed by atoms with van der Waals surface area (Å²) in [6.07, 6.45) is 2.99. The number of amides is 1. The van der Waals surface area contributed by atoms with E-state index in [1.165, 1.54) is 9.25 Å². The number of fused-ring (bicyclic) bond motifs is 1. The molecule has 2 aromatic rings. The predicted octanol–water partition coefficient (Wildman–Crippen LogP) is -0.192. The predicted molar refractivity (Wildman–Crippen MR) is 93.0 cm³/mol. The molecule has 1 unspecified atom stereocenters. The van der Waals surface area contributed by atoms with Gasteiger partial charge in [0.1, 0.15) is 11.5 Å². The van der Waals surface area contributed by atoms with Crippen molar-refractivity contribution >= 4 is 5.91 Å². The SMILES string of the molecule is CC(C)n1nc2n(c(=O)c1=O)CC1(CCN(C(=O)c3ccnn3C)C1)C2. The van der Waals surface area contributed by atoms with Crippen molar-refractivity contribution in [2.75, 3.05) is 13.1 Å². The topological polar surface area (TPSA) is 95.0 Å². The second-order valence-corrected chi connectivity index (χ2v) is 7.64. The second kappa shape index (κ2) is 5.65. The molecule has 0 aromatic carbocycles. The van der Waals surface area contributed by atoms with Crippen molar-refractivity contribution in [1.29, 1.82) is 0 Å². The van der Waals surface area contributed by atoms with Gasteiger partial charge in [-0.05, 0) is 26.3 Å². The lowest BCUT2D eigenvalue weighted by molar-refractivity contribution is 0.0761. The van der Waals surface area contributed by atoms with Crippen LogP contribution in [0.15, 0.2) is 21.9 Å². The lowest BCUT2D eigenvalue weighted by atomic mass is 9.86. The van der Waals surface area contributed by atoms with E-state index in [4.69, 9.17) is 0 Å². The zero-order valence-electron chi connectivity index (χ0n) is 15.2. The summed E-state index contributed by atoms with van der Waals surface area (Å²) < 4.78 is 4.33.